The van der Waals surface area contributed by atoms with Crippen molar-refractivity contribution in [2.24, 2.45) is 0 Å². The number of benzene rings is 1. The van der Waals surface area contributed by atoms with Gasteiger partial charge in [0, 0.05) is 5.39 Å². The zero-order valence-corrected chi connectivity index (χ0v) is 9.61. The van der Waals surface area contributed by atoms with E-state index in [1.54, 1.807) is 0 Å². The summed E-state index contributed by atoms with van der Waals surface area (Å²) < 4.78 is 2.21. The number of hydrogen-bond acceptors (Lipinski definition) is 2. The van der Waals surface area contributed by atoms with Crippen LogP contribution in [0.4, 0.5) is 0 Å². The number of aromatic nitrogens is 2. The Balaban J connectivity index is 2.06. The normalized spacial score (nSPS) is 18.1. The van der Waals surface area contributed by atoms with Crippen molar-refractivity contribution in [2.45, 2.75) is 25.8 Å². The van der Waals surface area contributed by atoms with Crippen molar-refractivity contribution >= 4 is 10.9 Å². The molecule has 0 aliphatic carbocycles. The fourth-order valence-corrected chi connectivity index (χ4v) is 2.56. The molecular weight excluding hydrogens is 198 g/mol. The van der Waals surface area contributed by atoms with Crippen molar-refractivity contribution in [1.29, 1.82) is 0 Å². The maximum atomic E-state index is 4.57. The van der Waals surface area contributed by atoms with E-state index >= 15 is 0 Å². The standard InChI is InChI=1S/C13H17N3/c1-10-3-2-4-13-12(10)9-15-16(13)11-5-7-14-8-6-11/h2-4,9,11,14H,5-8H2,1H3. The highest BCUT2D eigenvalue weighted by molar-refractivity contribution is 5.82. The maximum Gasteiger partial charge on any atom is 0.0688 e. The average Bonchev–Trinajstić information content (AvgIpc) is 2.75. The molecule has 1 aromatic heterocycles. The Labute approximate surface area is 95.5 Å². The van der Waals surface area contributed by atoms with Gasteiger partial charge in [-0.3, -0.25) is 4.68 Å². The third-order valence-corrected chi connectivity index (χ3v) is 3.51. The van der Waals surface area contributed by atoms with Gasteiger partial charge in [-0.05, 0) is 44.5 Å². The predicted molar refractivity (Wildman–Crippen MR) is 65.6 cm³/mol. The van der Waals surface area contributed by atoms with Crippen LogP contribution >= 0.6 is 0 Å². The second-order valence-corrected chi connectivity index (χ2v) is 4.58. The van der Waals surface area contributed by atoms with Gasteiger partial charge in [-0.1, -0.05) is 12.1 Å². The van der Waals surface area contributed by atoms with Crippen molar-refractivity contribution in [3.05, 3.63) is 30.0 Å². The summed E-state index contributed by atoms with van der Waals surface area (Å²) in [5.41, 5.74) is 2.60. The summed E-state index contributed by atoms with van der Waals surface area (Å²) in [5, 5.41) is 9.26. The Morgan fingerprint density at radius 2 is 2.12 bits per heavy atom. The SMILES string of the molecule is Cc1cccc2c1cnn2C1CCNCC1. The third kappa shape index (κ3) is 1.52. The van der Waals surface area contributed by atoms with Gasteiger partial charge in [0.2, 0.25) is 0 Å². The molecule has 0 amide bonds. The largest absolute Gasteiger partial charge is 0.317 e. The second-order valence-electron chi connectivity index (χ2n) is 4.58. The molecule has 1 N–H and O–H groups in total. The molecule has 16 heavy (non-hydrogen) atoms. The zero-order valence-electron chi connectivity index (χ0n) is 9.61. The van der Waals surface area contributed by atoms with Crippen LogP contribution in [0.2, 0.25) is 0 Å². The summed E-state index contributed by atoms with van der Waals surface area (Å²) in [6.07, 6.45) is 4.38. The number of fused-ring (bicyclic) bond motifs is 1. The summed E-state index contributed by atoms with van der Waals surface area (Å²) in [7, 11) is 0. The fraction of sp³-hybridized carbons (Fsp3) is 0.462. The summed E-state index contributed by atoms with van der Waals surface area (Å²) in [5.74, 6) is 0. The Morgan fingerprint density at radius 3 is 2.94 bits per heavy atom. The molecule has 1 aliphatic rings. The Kier molecular flexibility index (Phi) is 2.40. The second kappa shape index (κ2) is 3.91. The molecule has 0 unspecified atom stereocenters. The van der Waals surface area contributed by atoms with Gasteiger partial charge in [0.15, 0.2) is 0 Å². The van der Waals surface area contributed by atoms with Crippen LogP contribution in [0.3, 0.4) is 0 Å². The van der Waals surface area contributed by atoms with Crippen LogP contribution in [0.25, 0.3) is 10.9 Å². The molecule has 0 spiro atoms. The van der Waals surface area contributed by atoms with E-state index in [2.05, 4.69) is 40.2 Å². The van der Waals surface area contributed by atoms with E-state index in [0.717, 1.165) is 13.1 Å². The van der Waals surface area contributed by atoms with Gasteiger partial charge in [-0.15, -0.1) is 0 Å². The molecule has 2 heterocycles. The van der Waals surface area contributed by atoms with Crippen LogP contribution in [0.1, 0.15) is 24.4 Å². The Bertz CT molecular complexity index is 495. The number of nitrogens with one attached hydrogen (secondary N) is 1. The first-order valence-corrected chi connectivity index (χ1v) is 6.00. The number of nitrogens with zero attached hydrogens (tertiary/aromatic N) is 2. The smallest absolute Gasteiger partial charge is 0.0688 e. The molecule has 3 heteroatoms. The van der Waals surface area contributed by atoms with Gasteiger partial charge in [0.1, 0.15) is 0 Å². The Hall–Kier alpha value is -1.35. The van der Waals surface area contributed by atoms with Gasteiger partial charge in [0.25, 0.3) is 0 Å². The summed E-state index contributed by atoms with van der Waals surface area (Å²) in [6.45, 7) is 4.37. The predicted octanol–water partition coefficient (Wildman–Crippen LogP) is 2.27. The number of aryl methyl sites for hydroxylation is 1. The topological polar surface area (TPSA) is 29.9 Å². The first-order chi connectivity index (χ1) is 7.86. The molecule has 0 bridgehead atoms. The van der Waals surface area contributed by atoms with Crippen LogP contribution in [-0.2, 0) is 0 Å². The Morgan fingerprint density at radius 1 is 1.31 bits per heavy atom. The van der Waals surface area contributed by atoms with Crippen LogP contribution in [-0.4, -0.2) is 22.9 Å². The molecule has 3 nitrogen and oxygen atoms in total. The molecule has 0 saturated carbocycles. The van der Waals surface area contributed by atoms with Crippen LogP contribution in [0.5, 0.6) is 0 Å². The fourth-order valence-electron chi connectivity index (χ4n) is 2.56. The van der Waals surface area contributed by atoms with Crippen LogP contribution in [0, 0.1) is 6.92 Å². The lowest BCUT2D eigenvalue weighted by Crippen LogP contribution is -2.29. The highest BCUT2D eigenvalue weighted by Gasteiger charge is 2.17. The molecule has 1 fully saturated rings. The van der Waals surface area contributed by atoms with E-state index in [0.29, 0.717) is 6.04 Å². The summed E-state index contributed by atoms with van der Waals surface area (Å²) >= 11 is 0. The maximum absolute atomic E-state index is 4.57. The van der Waals surface area contributed by atoms with E-state index in [1.807, 2.05) is 6.20 Å². The highest BCUT2D eigenvalue weighted by Crippen LogP contribution is 2.25. The van der Waals surface area contributed by atoms with Gasteiger partial charge in [-0.2, -0.15) is 5.10 Å². The first-order valence-electron chi connectivity index (χ1n) is 6.00. The third-order valence-electron chi connectivity index (χ3n) is 3.51. The monoisotopic (exact) mass is 215 g/mol. The van der Waals surface area contributed by atoms with Crippen molar-refractivity contribution in [3.63, 3.8) is 0 Å². The molecular formula is C13H17N3. The summed E-state index contributed by atoms with van der Waals surface area (Å²) in [4.78, 5) is 0. The van der Waals surface area contributed by atoms with Gasteiger partial charge in [0.05, 0.1) is 17.8 Å². The molecule has 1 aliphatic heterocycles. The van der Waals surface area contributed by atoms with Gasteiger partial charge >= 0.3 is 0 Å². The lowest BCUT2D eigenvalue weighted by Gasteiger charge is -2.23. The van der Waals surface area contributed by atoms with Crippen LogP contribution in [0.15, 0.2) is 24.4 Å². The molecule has 2 aromatic rings. The van der Waals surface area contributed by atoms with E-state index < -0.39 is 0 Å². The lowest BCUT2D eigenvalue weighted by atomic mass is 10.1. The minimum atomic E-state index is 0.570. The molecule has 1 aromatic carbocycles. The number of rotatable bonds is 1. The van der Waals surface area contributed by atoms with Crippen molar-refractivity contribution in [1.82, 2.24) is 15.1 Å². The van der Waals surface area contributed by atoms with Crippen LogP contribution < -0.4 is 5.32 Å². The first kappa shape index (κ1) is 9.85. The highest BCUT2D eigenvalue weighted by atomic mass is 15.3. The quantitative estimate of drug-likeness (QED) is 0.791. The van der Waals surface area contributed by atoms with Gasteiger partial charge < -0.3 is 5.32 Å². The molecule has 84 valence electrons. The zero-order chi connectivity index (χ0) is 11.0. The van der Waals surface area contributed by atoms with Crippen molar-refractivity contribution in [3.8, 4) is 0 Å². The van der Waals surface area contributed by atoms with Crippen molar-refractivity contribution in [2.75, 3.05) is 13.1 Å². The number of hydrogen-bond donors (Lipinski definition) is 1. The minimum Gasteiger partial charge on any atom is -0.317 e. The molecule has 0 radical (unpaired) electrons. The molecule has 3 rings (SSSR count). The minimum absolute atomic E-state index is 0.570. The van der Waals surface area contributed by atoms with E-state index in [-0.39, 0.29) is 0 Å². The van der Waals surface area contributed by atoms with E-state index in [4.69, 9.17) is 0 Å². The van der Waals surface area contributed by atoms with Gasteiger partial charge in [-0.25, -0.2) is 0 Å². The van der Waals surface area contributed by atoms with E-state index in [1.165, 1.54) is 29.3 Å². The number of piperidine rings is 1. The molecule has 0 atom stereocenters. The lowest BCUT2D eigenvalue weighted by molar-refractivity contribution is 0.351. The molecule has 1 saturated heterocycles. The summed E-state index contributed by atoms with van der Waals surface area (Å²) in [6, 6.07) is 7.02. The van der Waals surface area contributed by atoms with E-state index in [9.17, 15) is 0 Å². The van der Waals surface area contributed by atoms with Crippen molar-refractivity contribution < 1.29 is 0 Å². The average molecular weight is 215 g/mol.